The van der Waals surface area contributed by atoms with Crippen LogP contribution in [0.5, 0.6) is 0 Å². The van der Waals surface area contributed by atoms with E-state index in [9.17, 15) is 9.59 Å². The minimum absolute atomic E-state index is 0.134. The van der Waals surface area contributed by atoms with Crippen molar-refractivity contribution >= 4 is 45.8 Å². The largest absolute Gasteiger partial charge is 0.325 e. The van der Waals surface area contributed by atoms with E-state index in [4.69, 9.17) is 0 Å². The van der Waals surface area contributed by atoms with Crippen molar-refractivity contribution in [1.82, 2.24) is 4.90 Å². The van der Waals surface area contributed by atoms with Crippen LogP contribution in [0.25, 0.3) is 0 Å². The van der Waals surface area contributed by atoms with Crippen molar-refractivity contribution in [1.29, 1.82) is 0 Å². The van der Waals surface area contributed by atoms with Crippen LogP contribution < -0.4 is 10.6 Å². The second-order valence-electron chi connectivity index (χ2n) is 5.79. The van der Waals surface area contributed by atoms with Crippen LogP contribution in [0.2, 0.25) is 0 Å². The summed E-state index contributed by atoms with van der Waals surface area (Å²) in [4.78, 5) is 26.0. The molecule has 2 aromatic carbocycles. The molecular weight excluding hydrogens is 429 g/mol. The Labute approximate surface area is 161 Å². The predicted octanol–water partition coefficient (Wildman–Crippen LogP) is 3.36. The topological polar surface area (TPSA) is 61.4 Å². The zero-order chi connectivity index (χ0) is 18.2. The molecule has 132 valence electrons. The standard InChI is InChI=1S/C19H22IN3O2/c1-3-14-7-4-5-10-17(14)22-19(25)13-23(2)12-18(24)21-16-9-6-8-15(20)11-16/h4-11H,3,12-13H2,1-2H3,(H,21,24)(H,22,25). The van der Waals surface area contributed by atoms with E-state index in [1.165, 1.54) is 0 Å². The molecule has 0 atom stereocenters. The number of hydrogen-bond donors (Lipinski definition) is 2. The second-order valence-corrected chi connectivity index (χ2v) is 7.04. The van der Waals surface area contributed by atoms with E-state index in [1.54, 1.807) is 11.9 Å². The van der Waals surface area contributed by atoms with Crippen molar-refractivity contribution in [2.24, 2.45) is 0 Å². The normalized spacial score (nSPS) is 10.6. The molecule has 2 N–H and O–H groups in total. The van der Waals surface area contributed by atoms with Crippen LogP contribution in [-0.2, 0) is 16.0 Å². The monoisotopic (exact) mass is 451 g/mol. The minimum Gasteiger partial charge on any atom is -0.325 e. The summed E-state index contributed by atoms with van der Waals surface area (Å²) < 4.78 is 1.05. The molecule has 0 aliphatic heterocycles. The Balaban J connectivity index is 1.83. The number of para-hydroxylation sites is 1. The highest BCUT2D eigenvalue weighted by atomic mass is 127. The molecule has 0 unspecified atom stereocenters. The number of hydrogen-bond acceptors (Lipinski definition) is 3. The quantitative estimate of drug-likeness (QED) is 0.635. The molecule has 0 spiro atoms. The van der Waals surface area contributed by atoms with E-state index < -0.39 is 0 Å². The molecule has 0 fully saturated rings. The first-order chi connectivity index (χ1) is 12.0. The Morgan fingerprint density at radius 2 is 1.68 bits per heavy atom. The van der Waals surface area contributed by atoms with E-state index in [1.807, 2.05) is 55.5 Å². The number of nitrogens with zero attached hydrogens (tertiary/aromatic N) is 1. The lowest BCUT2D eigenvalue weighted by Crippen LogP contribution is -2.36. The maximum atomic E-state index is 12.2. The maximum absolute atomic E-state index is 12.2. The number of likely N-dealkylation sites (N-methyl/N-ethyl adjacent to an activating group) is 1. The summed E-state index contributed by atoms with van der Waals surface area (Å²) in [7, 11) is 1.75. The van der Waals surface area contributed by atoms with Gasteiger partial charge in [-0.1, -0.05) is 31.2 Å². The fraction of sp³-hybridized carbons (Fsp3) is 0.263. The number of benzene rings is 2. The van der Waals surface area contributed by atoms with Gasteiger partial charge in [0.2, 0.25) is 11.8 Å². The van der Waals surface area contributed by atoms with Gasteiger partial charge in [0.1, 0.15) is 0 Å². The van der Waals surface area contributed by atoms with Crippen molar-refractivity contribution in [3.8, 4) is 0 Å². The number of aryl methyl sites for hydroxylation is 1. The molecule has 25 heavy (non-hydrogen) atoms. The third-order valence-corrected chi connectivity index (χ3v) is 4.28. The van der Waals surface area contributed by atoms with Crippen LogP contribution in [0.1, 0.15) is 12.5 Å². The fourth-order valence-electron chi connectivity index (χ4n) is 2.45. The Bertz CT molecular complexity index is 749. The molecule has 0 aliphatic rings. The first kappa shape index (κ1) is 19.4. The summed E-state index contributed by atoms with van der Waals surface area (Å²) >= 11 is 2.20. The van der Waals surface area contributed by atoms with Crippen molar-refractivity contribution in [3.05, 3.63) is 57.7 Å². The van der Waals surface area contributed by atoms with E-state index in [-0.39, 0.29) is 24.9 Å². The van der Waals surface area contributed by atoms with Crippen LogP contribution in [0.4, 0.5) is 11.4 Å². The van der Waals surface area contributed by atoms with E-state index in [0.29, 0.717) is 0 Å². The Kier molecular flexibility index (Phi) is 7.39. The number of amides is 2. The highest BCUT2D eigenvalue weighted by molar-refractivity contribution is 14.1. The molecule has 2 rings (SSSR count). The van der Waals surface area contributed by atoms with Gasteiger partial charge in [-0.25, -0.2) is 0 Å². The summed E-state index contributed by atoms with van der Waals surface area (Å²) in [6, 6.07) is 15.3. The lowest BCUT2D eigenvalue weighted by Gasteiger charge is -2.17. The van der Waals surface area contributed by atoms with Gasteiger partial charge in [0.05, 0.1) is 13.1 Å². The van der Waals surface area contributed by atoms with Gasteiger partial charge in [0, 0.05) is 14.9 Å². The molecule has 2 aromatic rings. The van der Waals surface area contributed by atoms with Gasteiger partial charge < -0.3 is 10.6 Å². The number of carbonyl (C=O) groups is 2. The smallest absolute Gasteiger partial charge is 0.238 e. The summed E-state index contributed by atoms with van der Waals surface area (Å²) in [5.74, 6) is -0.281. The van der Waals surface area contributed by atoms with E-state index in [2.05, 4.69) is 33.2 Å². The SMILES string of the molecule is CCc1ccccc1NC(=O)CN(C)CC(=O)Nc1cccc(I)c1. The number of anilines is 2. The first-order valence-corrected chi connectivity index (χ1v) is 9.17. The third-order valence-electron chi connectivity index (χ3n) is 3.61. The lowest BCUT2D eigenvalue weighted by atomic mass is 10.1. The summed E-state index contributed by atoms with van der Waals surface area (Å²) in [6.45, 7) is 2.35. The van der Waals surface area contributed by atoms with Crippen molar-refractivity contribution in [3.63, 3.8) is 0 Å². The van der Waals surface area contributed by atoms with Crippen LogP contribution >= 0.6 is 22.6 Å². The van der Waals surface area contributed by atoms with Gasteiger partial charge in [-0.05, 0) is 65.9 Å². The zero-order valence-electron chi connectivity index (χ0n) is 14.4. The third kappa shape index (κ3) is 6.47. The number of halogens is 1. The van der Waals surface area contributed by atoms with Crippen LogP contribution in [0.3, 0.4) is 0 Å². The van der Waals surface area contributed by atoms with E-state index >= 15 is 0 Å². The van der Waals surface area contributed by atoms with Gasteiger partial charge >= 0.3 is 0 Å². The average Bonchev–Trinajstić information content (AvgIpc) is 2.54. The van der Waals surface area contributed by atoms with E-state index in [0.717, 1.165) is 26.9 Å². The molecule has 0 aromatic heterocycles. The van der Waals surface area contributed by atoms with Crippen molar-refractivity contribution < 1.29 is 9.59 Å². The summed E-state index contributed by atoms with van der Waals surface area (Å²) in [5, 5.41) is 5.75. The highest BCUT2D eigenvalue weighted by Gasteiger charge is 2.12. The van der Waals surface area contributed by atoms with Crippen LogP contribution in [0.15, 0.2) is 48.5 Å². The van der Waals surface area contributed by atoms with Gasteiger partial charge in [-0.2, -0.15) is 0 Å². The molecule has 0 heterocycles. The average molecular weight is 451 g/mol. The Hall–Kier alpha value is -1.93. The lowest BCUT2D eigenvalue weighted by molar-refractivity contribution is -0.119. The molecule has 2 amide bonds. The predicted molar refractivity (Wildman–Crippen MR) is 110 cm³/mol. The van der Waals surface area contributed by atoms with Crippen molar-refractivity contribution in [2.45, 2.75) is 13.3 Å². The molecule has 5 nitrogen and oxygen atoms in total. The fourth-order valence-corrected chi connectivity index (χ4v) is 3.00. The summed E-state index contributed by atoms with van der Waals surface area (Å²) in [5.41, 5.74) is 2.67. The first-order valence-electron chi connectivity index (χ1n) is 8.09. The molecule has 0 bridgehead atoms. The molecular formula is C19H22IN3O2. The Morgan fingerprint density at radius 1 is 1.00 bits per heavy atom. The van der Waals surface area contributed by atoms with Gasteiger partial charge in [-0.3, -0.25) is 14.5 Å². The van der Waals surface area contributed by atoms with Gasteiger partial charge in [0.15, 0.2) is 0 Å². The highest BCUT2D eigenvalue weighted by Crippen LogP contribution is 2.15. The Morgan fingerprint density at radius 3 is 2.36 bits per heavy atom. The van der Waals surface area contributed by atoms with Crippen molar-refractivity contribution in [2.75, 3.05) is 30.8 Å². The summed E-state index contributed by atoms with van der Waals surface area (Å²) in [6.07, 6.45) is 0.852. The molecule has 0 saturated carbocycles. The van der Waals surface area contributed by atoms with Gasteiger partial charge in [0.25, 0.3) is 0 Å². The second kappa shape index (κ2) is 9.53. The molecule has 0 aliphatic carbocycles. The van der Waals surface area contributed by atoms with Crippen LogP contribution in [-0.4, -0.2) is 36.9 Å². The maximum Gasteiger partial charge on any atom is 0.238 e. The number of rotatable bonds is 7. The molecule has 0 saturated heterocycles. The van der Waals surface area contributed by atoms with Crippen LogP contribution in [0, 0.1) is 3.57 Å². The minimum atomic E-state index is -0.147. The van der Waals surface area contributed by atoms with Gasteiger partial charge in [-0.15, -0.1) is 0 Å². The molecule has 0 radical (unpaired) electrons. The molecule has 6 heteroatoms. The number of nitrogens with one attached hydrogen (secondary N) is 2. The zero-order valence-corrected chi connectivity index (χ0v) is 16.5. The number of carbonyl (C=O) groups excluding carboxylic acids is 2.